The number of rotatable bonds is 4. The highest BCUT2D eigenvalue weighted by Crippen LogP contribution is 2.29. The lowest BCUT2D eigenvalue weighted by molar-refractivity contribution is 0.0696. The summed E-state index contributed by atoms with van der Waals surface area (Å²) < 4.78 is 0. The van der Waals surface area contributed by atoms with Gasteiger partial charge in [-0.2, -0.15) is 0 Å². The number of pyridine rings is 1. The van der Waals surface area contributed by atoms with Gasteiger partial charge in [0, 0.05) is 15.6 Å². The molecule has 2 rings (SSSR count). The minimum Gasteiger partial charge on any atom is -0.478 e. The van der Waals surface area contributed by atoms with Gasteiger partial charge < -0.3 is 5.11 Å². The number of hydrogen-bond acceptors (Lipinski definition) is 3. The molecule has 0 aliphatic carbocycles. The van der Waals surface area contributed by atoms with E-state index in [1.807, 2.05) is 25.1 Å². The van der Waals surface area contributed by atoms with Crippen LogP contribution in [0.15, 0.2) is 46.3 Å². The summed E-state index contributed by atoms with van der Waals surface area (Å²) in [5.74, 6) is -0.940. The minimum atomic E-state index is -0.940. The summed E-state index contributed by atoms with van der Waals surface area (Å²) in [6.45, 7) is 1.95. The van der Waals surface area contributed by atoms with Gasteiger partial charge >= 0.3 is 5.97 Å². The average molecular weight is 294 g/mol. The van der Waals surface area contributed by atoms with Crippen LogP contribution in [0.1, 0.15) is 23.0 Å². The molecule has 1 aromatic heterocycles. The van der Waals surface area contributed by atoms with E-state index in [0.717, 1.165) is 10.6 Å². The lowest BCUT2D eigenvalue weighted by Crippen LogP contribution is -2.00. The molecule has 19 heavy (non-hydrogen) atoms. The van der Waals surface area contributed by atoms with Crippen LogP contribution in [-0.4, -0.2) is 16.1 Å². The second kappa shape index (κ2) is 6.08. The summed E-state index contributed by atoms with van der Waals surface area (Å²) >= 11 is 7.33. The van der Waals surface area contributed by atoms with E-state index >= 15 is 0 Å². The first-order valence-electron chi connectivity index (χ1n) is 5.76. The molecule has 0 saturated heterocycles. The van der Waals surface area contributed by atoms with Gasteiger partial charge in [0.15, 0.2) is 0 Å². The molecule has 0 saturated carbocycles. The quantitative estimate of drug-likeness (QED) is 0.920. The highest BCUT2D eigenvalue weighted by Gasteiger charge is 2.09. The van der Waals surface area contributed by atoms with Gasteiger partial charge in [-0.1, -0.05) is 36.4 Å². The number of nitrogens with zero attached hydrogens (tertiary/aromatic N) is 1. The molecule has 0 spiro atoms. The molecule has 0 unspecified atom stereocenters. The zero-order valence-electron chi connectivity index (χ0n) is 10.3. The summed E-state index contributed by atoms with van der Waals surface area (Å²) in [4.78, 5) is 16.4. The lowest BCUT2D eigenvalue weighted by atomic mass is 10.2. The third-order valence-corrected chi connectivity index (χ3v) is 3.63. The molecule has 0 amide bonds. The fourth-order valence-electron chi connectivity index (χ4n) is 1.57. The number of aryl methyl sites for hydroxylation is 1. The molecule has 0 aliphatic heterocycles. The molecule has 0 fully saturated rings. The normalized spacial score (nSPS) is 10.4. The highest BCUT2D eigenvalue weighted by molar-refractivity contribution is 7.99. The third kappa shape index (κ3) is 3.72. The number of carboxylic acids is 1. The number of carboxylic acid groups (broad SMARTS) is 1. The molecule has 1 heterocycles. The molecular formula is C14H12ClNO2S. The predicted octanol–water partition coefficient (Wildman–Crippen LogP) is 4.15. The summed E-state index contributed by atoms with van der Waals surface area (Å²) in [5.41, 5.74) is 1.03. The van der Waals surface area contributed by atoms with Crippen LogP contribution in [0.25, 0.3) is 0 Å². The largest absolute Gasteiger partial charge is 0.478 e. The Kier molecular flexibility index (Phi) is 4.45. The molecule has 2 aromatic rings. The molecule has 0 aliphatic rings. The Labute approximate surface area is 120 Å². The van der Waals surface area contributed by atoms with Crippen molar-refractivity contribution in [2.45, 2.75) is 23.3 Å². The van der Waals surface area contributed by atoms with Crippen molar-refractivity contribution in [2.75, 3.05) is 0 Å². The third-order valence-electron chi connectivity index (χ3n) is 2.48. The number of carbonyl (C=O) groups is 1. The molecule has 0 bridgehead atoms. The number of aromatic nitrogens is 1. The van der Waals surface area contributed by atoms with E-state index in [4.69, 9.17) is 16.7 Å². The van der Waals surface area contributed by atoms with Crippen molar-refractivity contribution in [3.8, 4) is 0 Å². The maximum Gasteiger partial charge on any atom is 0.335 e. The van der Waals surface area contributed by atoms with Gasteiger partial charge in [0.25, 0.3) is 0 Å². The average Bonchev–Trinajstić information content (AvgIpc) is 2.38. The fraction of sp³-hybridized carbons (Fsp3) is 0.143. The monoisotopic (exact) mass is 293 g/mol. The van der Waals surface area contributed by atoms with Crippen molar-refractivity contribution >= 4 is 29.3 Å². The van der Waals surface area contributed by atoms with Crippen LogP contribution in [0.4, 0.5) is 0 Å². The van der Waals surface area contributed by atoms with Gasteiger partial charge in [0.05, 0.1) is 5.56 Å². The van der Waals surface area contributed by atoms with Crippen molar-refractivity contribution in [3.05, 3.63) is 52.7 Å². The van der Waals surface area contributed by atoms with Gasteiger partial charge in [-0.25, -0.2) is 9.78 Å². The second-order valence-electron chi connectivity index (χ2n) is 3.90. The molecular weight excluding hydrogens is 282 g/mol. The van der Waals surface area contributed by atoms with Crippen LogP contribution in [-0.2, 0) is 6.42 Å². The number of aromatic carboxylic acids is 1. The summed E-state index contributed by atoms with van der Waals surface area (Å²) in [5, 5.41) is 10.4. The molecule has 1 N–H and O–H groups in total. The summed E-state index contributed by atoms with van der Waals surface area (Å²) in [6.07, 6.45) is 0.699. The van der Waals surface area contributed by atoms with E-state index in [0.29, 0.717) is 16.5 Å². The van der Waals surface area contributed by atoms with E-state index in [1.165, 1.54) is 11.8 Å². The lowest BCUT2D eigenvalue weighted by Gasteiger charge is -2.05. The maximum absolute atomic E-state index is 11.1. The van der Waals surface area contributed by atoms with Crippen molar-refractivity contribution in [1.29, 1.82) is 0 Å². The number of hydrogen-bond donors (Lipinski definition) is 1. The standard InChI is InChI=1S/C14H12ClNO2S/c1-2-11-6-9(14(17)18)7-13(16-11)19-12-5-3-4-10(15)8-12/h3-8H,2H2,1H3,(H,17,18). The Bertz CT molecular complexity index is 616. The Morgan fingerprint density at radius 2 is 2.16 bits per heavy atom. The molecule has 3 nitrogen and oxygen atoms in total. The van der Waals surface area contributed by atoms with Crippen LogP contribution < -0.4 is 0 Å². The smallest absolute Gasteiger partial charge is 0.335 e. The predicted molar refractivity (Wildman–Crippen MR) is 76.1 cm³/mol. The fourth-order valence-corrected chi connectivity index (χ4v) is 2.75. The van der Waals surface area contributed by atoms with E-state index in [9.17, 15) is 4.79 Å². The highest BCUT2D eigenvalue weighted by atomic mass is 35.5. The molecule has 5 heteroatoms. The van der Waals surface area contributed by atoms with E-state index in [-0.39, 0.29) is 5.56 Å². The molecule has 1 aromatic carbocycles. The van der Waals surface area contributed by atoms with Gasteiger partial charge in [0.2, 0.25) is 0 Å². The topological polar surface area (TPSA) is 50.2 Å². The zero-order chi connectivity index (χ0) is 13.8. The Balaban J connectivity index is 2.34. The molecule has 0 radical (unpaired) electrons. The summed E-state index contributed by atoms with van der Waals surface area (Å²) in [6, 6.07) is 10.6. The van der Waals surface area contributed by atoms with E-state index in [2.05, 4.69) is 4.98 Å². The summed E-state index contributed by atoms with van der Waals surface area (Å²) in [7, 11) is 0. The van der Waals surface area contributed by atoms with Crippen molar-refractivity contribution in [1.82, 2.24) is 4.98 Å². The van der Waals surface area contributed by atoms with E-state index < -0.39 is 5.97 Å². The van der Waals surface area contributed by atoms with Crippen LogP contribution in [0.2, 0.25) is 5.02 Å². The van der Waals surface area contributed by atoms with Crippen molar-refractivity contribution in [3.63, 3.8) is 0 Å². The first-order valence-corrected chi connectivity index (χ1v) is 6.95. The number of halogens is 1. The van der Waals surface area contributed by atoms with Gasteiger partial charge in [-0.3, -0.25) is 0 Å². The molecule has 98 valence electrons. The van der Waals surface area contributed by atoms with Crippen LogP contribution in [0.5, 0.6) is 0 Å². The Morgan fingerprint density at radius 1 is 1.37 bits per heavy atom. The number of benzene rings is 1. The van der Waals surface area contributed by atoms with Crippen molar-refractivity contribution in [2.24, 2.45) is 0 Å². The first-order chi connectivity index (χ1) is 9.08. The van der Waals surface area contributed by atoms with Gasteiger partial charge in [-0.05, 0) is 36.8 Å². The molecule has 0 atom stereocenters. The SMILES string of the molecule is CCc1cc(C(=O)O)cc(Sc2cccc(Cl)c2)n1. The van der Waals surface area contributed by atoms with Crippen LogP contribution >= 0.6 is 23.4 Å². The zero-order valence-corrected chi connectivity index (χ0v) is 11.8. The van der Waals surface area contributed by atoms with Gasteiger partial charge in [0.1, 0.15) is 5.03 Å². The Hall–Kier alpha value is -1.52. The minimum absolute atomic E-state index is 0.261. The van der Waals surface area contributed by atoms with Gasteiger partial charge in [-0.15, -0.1) is 0 Å². The van der Waals surface area contributed by atoms with Crippen LogP contribution in [0, 0.1) is 0 Å². The Morgan fingerprint density at radius 3 is 2.79 bits per heavy atom. The van der Waals surface area contributed by atoms with E-state index in [1.54, 1.807) is 18.2 Å². The maximum atomic E-state index is 11.1. The van der Waals surface area contributed by atoms with Crippen LogP contribution in [0.3, 0.4) is 0 Å². The first kappa shape index (κ1) is 13.9. The van der Waals surface area contributed by atoms with Crippen molar-refractivity contribution < 1.29 is 9.90 Å². The second-order valence-corrected chi connectivity index (χ2v) is 5.43.